The number of hydrogen-bond donors (Lipinski definition) is 3. The zero-order chi connectivity index (χ0) is 19.0. The van der Waals surface area contributed by atoms with Crippen molar-refractivity contribution in [3.05, 3.63) is 68.7 Å². The summed E-state index contributed by atoms with van der Waals surface area (Å²) in [5.41, 5.74) is 12.2. The summed E-state index contributed by atoms with van der Waals surface area (Å²) in [7, 11) is 0. The van der Waals surface area contributed by atoms with E-state index in [2.05, 4.69) is 20.9 Å². The van der Waals surface area contributed by atoms with Crippen molar-refractivity contribution < 1.29 is 9.90 Å². The molecule has 0 spiro atoms. The molecule has 26 heavy (non-hydrogen) atoms. The van der Waals surface area contributed by atoms with E-state index >= 15 is 0 Å². The lowest BCUT2D eigenvalue weighted by atomic mass is 9.97. The number of phenols is 1. The largest absolute Gasteiger partial charge is 0.507 e. The summed E-state index contributed by atoms with van der Waals surface area (Å²) in [6.45, 7) is 1.76. The van der Waals surface area contributed by atoms with Crippen LogP contribution in [-0.4, -0.2) is 20.6 Å². The van der Waals surface area contributed by atoms with Crippen LogP contribution in [0.5, 0.6) is 5.75 Å². The minimum atomic E-state index is -0.776. The van der Waals surface area contributed by atoms with E-state index in [1.165, 1.54) is 23.0 Å². The van der Waals surface area contributed by atoms with Crippen molar-refractivity contribution in [2.24, 2.45) is 5.73 Å². The molecular weight excluding hydrogens is 400 g/mol. The van der Waals surface area contributed by atoms with Gasteiger partial charge in [0.05, 0.1) is 21.3 Å². The highest BCUT2D eigenvalue weighted by atomic mass is 79.9. The van der Waals surface area contributed by atoms with Crippen molar-refractivity contribution in [1.29, 1.82) is 0 Å². The number of carbonyl (C=O) groups excluding carboxylic acids is 1. The molecule has 132 valence electrons. The summed E-state index contributed by atoms with van der Waals surface area (Å²) < 4.78 is 1.51. The fourth-order valence-electron chi connectivity index (χ4n) is 2.70. The van der Waals surface area contributed by atoms with Gasteiger partial charge in [0.2, 0.25) is 0 Å². The molecular formula is C18H15BrN4O3. The zero-order valence-corrected chi connectivity index (χ0v) is 15.3. The number of primary amides is 1. The Bertz CT molecular complexity index is 1080. The van der Waals surface area contributed by atoms with E-state index in [4.69, 9.17) is 11.5 Å². The number of aromatic nitrogens is 2. The predicted molar refractivity (Wildman–Crippen MR) is 102 cm³/mol. The van der Waals surface area contributed by atoms with Crippen LogP contribution >= 0.6 is 15.9 Å². The van der Waals surface area contributed by atoms with Crippen LogP contribution in [0.2, 0.25) is 0 Å². The molecule has 0 aliphatic rings. The Hall–Kier alpha value is -3.13. The minimum absolute atomic E-state index is 0.0140. The fourth-order valence-corrected chi connectivity index (χ4v) is 3.34. The number of anilines is 1. The number of benzene rings is 1. The summed E-state index contributed by atoms with van der Waals surface area (Å²) in [6, 6.07) is 8.18. The van der Waals surface area contributed by atoms with Gasteiger partial charge in [-0.05, 0) is 46.6 Å². The zero-order valence-electron chi connectivity index (χ0n) is 13.7. The Morgan fingerprint density at radius 3 is 2.58 bits per heavy atom. The van der Waals surface area contributed by atoms with Crippen molar-refractivity contribution in [2.45, 2.75) is 6.92 Å². The smallest absolute Gasteiger partial charge is 0.266 e. The maximum Gasteiger partial charge on any atom is 0.266 e. The molecule has 2 aromatic heterocycles. The van der Waals surface area contributed by atoms with E-state index in [1.54, 1.807) is 31.2 Å². The van der Waals surface area contributed by atoms with Gasteiger partial charge in [0.1, 0.15) is 11.6 Å². The molecule has 8 heteroatoms. The van der Waals surface area contributed by atoms with E-state index in [9.17, 15) is 14.7 Å². The van der Waals surface area contributed by atoms with Gasteiger partial charge in [-0.1, -0.05) is 12.1 Å². The first-order valence-electron chi connectivity index (χ1n) is 7.57. The Morgan fingerprint density at radius 2 is 1.96 bits per heavy atom. The lowest BCUT2D eigenvalue weighted by molar-refractivity contribution is 0.100. The van der Waals surface area contributed by atoms with E-state index in [0.717, 1.165) is 0 Å². The van der Waals surface area contributed by atoms with Crippen LogP contribution in [0.4, 0.5) is 5.69 Å². The van der Waals surface area contributed by atoms with Crippen LogP contribution in [0.1, 0.15) is 15.9 Å². The lowest BCUT2D eigenvalue weighted by Crippen LogP contribution is -2.27. The highest BCUT2D eigenvalue weighted by Crippen LogP contribution is 2.39. The van der Waals surface area contributed by atoms with Crippen LogP contribution in [0.3, 0.4) is 0 Å². The fraction of sp³-hybridized carbons (Fsp3) is 0.0556. The Kier molecular flexibility index (Phi) is 4.52. The Labute approximate surface area is 157 Å². The topological polar surface area (TPSA) is 124 Å². The SMILES string of the molecule is Cc1ccc(O)c(Br)c1-c1c(N)c(C(N)=O)cn(-c2ccccn2)c1=O. The van der Waals surface area contributed by atoms with Gasteiger partial charge in [0, 0.05) is 18.0 Å². The van der Waals surface area contributed by atoms with Gasteiger partial charge in [-0.15, -0.1) is 0 Å². The summed E-state index contributed by atoms with van der Waals surface area (Å²) in [6.07, 6.45) is 2.80. The van der Waals surface area contributed by atoms with E-state index in [0.29, 0.717) is 21.4 Å². The predicted octanol–water partition coefficient (Wildman–Crippen LogP) is 2.36. The molecule has 1 aromatic carbocycles. The van der Waals surface area contributed by atoms with Gasteiger partial charge >= 0.3 is 0 Å². The molecule has 0 unspecified atom stereocenters. The number of hydrogen-bond acceptors (Lipinski definition) is 5. The number of pyridine rings is 2. The number of phenolic OH excluding ortho intramolecular Hbond substituents is 1. The number of nitrogens with zero attached hydrogens (tertiary/aromatic N) is 2. The lowest BCUT2D eigenvalue weighted by Gasteiger charge is -2.16. The first-order chi connectivity index (χ1) is 12.3. The molecule has 0 saturated heterocycles. The van der Waals surface area contributed by atoms with E-state index < -0.39 is 11.5 Å². The van der Waals surface area contributed by atoms with Crippen LogP contribution in [-0.2, 0) is 0 Å². The first-order valence-corrected chi connectivity index (χ1v) is 8.37. The van der Waals surface area contributed by atoms with Crippen LogP contribution < -0.4 is 17.0 Å². The Morgan fingerprint density at radius 1 is 1.23 bits per heavy atom. The number of nitrogen functional groups attached to an aromatic ring is 1. The van der Waals surface area contributed by atoms with Crippen LogP contribution in [0, 0.1) is 6.92 Å². The average molecular weight is 415 g/mol. The highest BCUT2D eigenvalue weighted by Gasteiger charge is 2.23. The molecule has 2 heterocycles. The molecule has 0 bridgehead atoms. The summed E-state index contributed by atoms with van der Waals surface area (Å²) in [4.78, 5) is 29.2. The van der Waals surface area contributed by atoms with Gasteiger partial charge < -0.3 is 16.6 Å². The van der Waals surface area contributed by atoms with Gasteiger partial charge in [0.15, 0.2) is 0 Å². The number of aryl methyl sites for hydroxylation is 1. The van der Waals surface area contributed by atoms with Crippen molar-refractivity contribution in [3.8, 4) is 22.7 Å². The molecule has 0 aliphatic carbocycles. The molecule has 0 fully saturated rings. The number of nitrogens with two attached hydrogens (primary N) is 2. The quantitative estimate of drug-likeness (QED) is 0.606. The normalized spacial score (nSPS) is 10.7. The molecule has 3 aromatic rings. The standard InChI is InChI=1S/C18H15BrN4O3/c1-9-5-6-11(24)15(19)13(9)14-16(20)10(17(21)25)8-23(18(14)26)12-4-2-3-7-22-12/h2-8,24H,20H2,1H3,(H2,21,25). The maximum atomic E-state index is 13.2. The summed E-state index contributed by atoms with van der Waals surface area (Å²) in [5.74, 6) is -0.518. The van der Waals surface area contributed by atoms with Gasteiger partial charge in [-0.2, -0.15) is 0 Å². The number of aromatic hydroxyl groups is 1. The second kappa shape index (κ2) is 6.64. The molecule has 0 aliphatic heterocycles. The molecule has 5 N–H and O–H groups in total. The van der Waals surface area contributed by atoms with Crippen molar-refractivity contribution in [2.75, 3.05) is 5.73 Å². The molecule has 0 radical (unpaired) electrons. The highest BCUT2D eigenvalue weighted by molar-refractivity contribution is 9.10. The summed E-state index contributed by atoms with van der Waals surface area (Å²) >= 11 is 3.29. The van der Waals surface area contributed by atoms with Crippen LogP contribution in [0.25, 0.3) is 16.9 Å². The van der Waals surface area contributed by atoms with Gasteiger partial charge in [-0.25, -0.2) is 4.98 Å². The number of rotatable bonds is 3. The van der Waals surface area contributed by atoms with E-state index in [-0.39, 0.29) is 22.6 Å². The van der Waals surface area contributed by atoms with Crippen molar-refractivity contribution in [1.82, 2.24) is 9.55 Å². The molecule has 7 nitrogen and oxygen atoms in total. The average Bonchev–Trinajstić information content (AvgIpc) is 2.61. The summed E-state index contributed by atoms with van der Waals surface area (Å²) in [5, 5.41) is 10.0. The van der Waals surface area contributed by atoms with Gasteiger partial charge in [-0.3, -0.25) is 14.2 Å². The third-order valence-corrected chi connectivity index (χ3v) is 4.79. The molecule has 1 amide bonds. The monoisotopic (exact) mass is 414 g/mol. The number of carbonyl (C=O) groups is 1. The minimum Gasteiger partial charge on any atom is -0.507 e. The number of amides is 1. The first kappa shape index (κ1) is 17.7. The third-order valence-electron chi connectivity index (χ3n) is 3.99. The van der Waals surface area contributed by atoms with Gasteiger partial charge in [0.25, 0.3) is 11.5 Å². The second-order valence-electron chi connectivity index (χ2n) is 5.65. The van der Waals surface area contributed by atoms with E-state index in [1.807, 2.05) is 0 Å². The van der Waals surface area contributed by atoms with Crippen LogP contribution in [0.15, 0.2) is 52.0 Å². The Balaban J connectivity index is 2.47. The second-order valence-corrected chi connectivity index (χ2v) is 6.44. The van der Waals surface area contributed by atoms with Crippen molar-refractivity contribution >= 4 is 27.5 Å². The number of halogens is 1. The van der Waals surface area contributed by atoms with Crippen molar-refractivity contribution in [3.63, 3.8) is 0 Å². The third kappa shape index (κ3) is 2.84. The molecule has 3 rings (SSSR count). The molecule has 0 saturated carbocycles. The maximum absolute atomic E-state index is 13.2. The molecule has 0 atom stereocenters.